The average molecular weight is 554 g/mol. The number of hydrogen-bond donors (Lipinski definition) is 1. The molecule has 0 spiro atoms. The van der Waals surface area contributed by atoms with Gasteiger partial charge in [0.15, 0.2) is 0 Å². The number of alkyl halides is 3. The van der Waals surface area contributed by atoms with Gasteiger partial charge in [0.2, 0.25) is 0 Å². The van der Waals surface area contributed by atoms with Crippen LogP contribution in [-0.2, 0) is 12.6 Å². The summed E-state index contributed by atoms with van der Waals surface area (Å²) in [5, 5.41) is 2.20. The minimum Gasteiger partial charge on any atom is -0.493 e. The van der Waals surface area contributed by atoms with E-state index in [1.165, 1.54) is 70.3 Å². The summed E-state index contributed by atoms with van der Waals surface area (Å²) in [7, 11) is 0. The van der Waals surface area contributed by atoms with Crippen LogP contribution >= 0.6 is 11.6 Å². The normalized spacial score (nSPS) is 11.5. The van der Waals surface area contributed by atoms with Crippen molar-refractivity contribution in [2.45, 2.75) is 110 Å². The number of halogens is 4. The zero-order valence-electron chi connectivity index (χ0n) is 22.9. The predicted molar refractivity (Wildman–Crippen MR) is 151 cm³/mol. The van der Waals surface area contributed by atoms with E-state index in [0.717, 1.165) is 37.0 Å². The molecule has 0 atom stereocenters. The van der Waals surface area contributed by atoms with Crippen molar-refractivity contribution in [1.82, 2.24) is 0 Å². The van der Waals surface area contributed by atoms with E-state index < -0.39 is 22.7 Å². The lowest BCUT2D eigenvalue weighted by molar-refractivity contribution is -0.137. The van der Waals surface area contributed by atoms with E-state index in [1.807, 2.05) is 19.1 Å². The molecule has 0 aliphatic carbocycles. The van der Waals surface area contributed by atoms with E-state index in [2.05, 4.69) is 12.2 Å². The van der Waals surface area contributed by atoms with Crippen molar-refractivity contribution in [3.63, 3.8) is 0 Å². The number of anilines is 1. The van der Waals surface area contributed by atoms with Crippen molar-refractivity contribution in [1.29, 1.82) is 0 Å². The third kappa shape index (κ3) is 11.3. The van der Waals surface area contributed by atoms with Crippen LogP contribution in [0.2, 0.25) is 5.02 Å². The Hall–Kier alpha value is -2.21. The smallest absolute Gasteiger partial charge is 0.417 e. The molecule has 2 rings (SSSR count). The van der Waals surface area contributed by atoms with E-state index in [9.17, 15) is 18.0 Å². The molecule has 0 saturated carbocycles. The fraction of sp³-hybridized carbons (Fsp3) is 0.581. The van der Waals surface area contributed by atoms with Gasteiger partial charge in [-0.2, -0.15) is 13.2 Å². The van der Waals surface area contributed by atoms with E-state index in [-0.39, 0.29) is 5.69 Å². The van der Waals surface area contributed by atoms with Gasteiger partial charge in [0, 0.05) is 5.69 Å². The van der Waals surface area contributed by atoms with Gasteiger partial charge in [-0.05, 0) is 49.6 Å². The van der Waals surface area contributed by atoms with Gasteiger partial charge in [-0.1, -0.05) is 108 Å². The maximum Gasteiger partial charge on any atom is 0.417 e. The van der Waals surface area contributed by atoms with E-state index in [0.29, 0.717) is 24.3 Å². The Morgan fingerprint density at radius 2 is 1.42 bits per heavy atom. The second-order valence-electron chi connectivity index (χ2n) is 9.86. The van der Waals surface area contributed by atoms with Crippen LogP contribution in [0.25, 0.3) is 0 Å². The number of benzene rings is 2. The standard InChI is InChI=1S/C31H43ClF3NO2/c1-3-5-6-7-8-9-10-11-12-13-14-15-16-18-24-19-17-20-28(38-4-2)29(24)30(37)36-25-21-22-27(32)26(23-25)31(33,34)35/h17,19-23H,3-16,18H2,1-2H3,(H,36,37). The van der Waals surface area contributed by atoms with Crippen LogP contribution in [0.3, 0.4) is 0 Å². The number of carbonyl (C=O) groups excluding carboxylic acids is 1. The number of unbranched alkanes of at least 4 members (excludes halogenated alkanes) is 12. The molecular formula is C31H43ClF3NO2. The zero-order valence-corrected chi connectivity index (χ0v) is 23.7. The van der Waals surface area contributed by atoms with Crippen LogP contribution in [0.5, 0.6) is 5.75 Å². The first-order valence-electron chi connectivity index (χ1n) is 14.2. The average Bonchev–Trinajstić information content (AvgIpc) is 2.87. The quantitative estimate of drug-likeness (QED) is 0.186. The number of nitrogens with one attached hydrogen (secondary N) is 1. The Morgan fingerprint density at radius 1 is 0.842 bits per heavy atom. The fourth-order valence-electron chi connectivity index (χ4n) is 4.67. The summed E-state index contributed by atoms with van der Waals surface area (Å²) in [6.45, 7) is 4.45. The molecule has 0 bridgehead atoms. The molecule has 1 N–H and O–H groups in total. The summed E-state index contributed by atoms with van der Waals surface area (Å²) in [4.78, 5) is 13.2. The Bertz CT molecular complexity index is 978. The third-order valence-corrected chi connectivity index (χ3v) is 7.05. The Kier molecular flexibility index (Phi) is 14.6. The molecule has 0 aliphatic heterocycles. The second kappa shape index (κ2) is 17.4. The molecule has 1 amide bonds. The highest BCUT2D eigenvalue weighted by molar-refractivity contribution is 6.31. The lowest BCUT2D eigenvalue weighted by Crippen LogP contribution is -2.17. The first-order chi connectivity index (χ1) is 18.3. The van der Waals surface area contributed by atoms with Crippen LogP contribution < -0.4 is 10.1 Å². The number of hydrogen-bond acceptors (Lipinski definition) is 2. The summed E-state index contributed by atoms with van der Waals surface area (Å²) in [6, 6.07) is 8.82. The van der Waals surface area contributed by atoms with Gasteiger partial charge in [0.1, 0.15) is 5.75 Å². The van der Waals surface area contributed by atoms with E-state index >= 15 is 0 Å². The van der Waals surface area contributed by atoms with Crippen LogP contribution in [0, 0.1) is 0 Å². The molecule has 0 aliphatic rings. The highest BCUT2D eigenvalue weighted by Gasteiger charge is 2.33. The topological polar surface area (TPSA) is 38.3 Å². The van der Waals surface area contributed by atoms with Crippen LogP contribution in [-0.4, -0.2) is 12.5 Å². The van der Waals surface area contributed by atoms with E-state index in [4.69, 9.17) is 16.3 Å². The molecule has 0 heterocycles. The van der Waals surface area contributed by atoms with Crippen molar-refractivity contribution in [3.8, 4) is 5.75 Å². The maximum absolute atomic E-state index is 13.3. The van der Waals surface area contributed by atoms with Crippen LogP contribution in [0.1, 0.15) is 119 Å². The summed E-state index contributed by atoms with van der Waals surface area (Å²) in [6.07, 6.45) is 12.5. The van der Waals surface area contributed by atoms with Crippen molar-refractivity contribution in [3.05, 3.63) is 58.1 Å². The lowest BCUT2D eigenvalue weighted by atomic mass is 9.98. The largest absolute Gasteiger partial charge is 0.493 e. The highest BCUT2D eigenvalue weighted by atomic mass is 35.5. The SMILES string of the molecule is CCCCCCCCCCCCCCCc1cccc(OCC)c1C(=O)Nc1ccc(Cl)c(C(F)(F)F)c1. The van der Waals surface area contributed by atoms with Gasteiger partial charge in [0.05, 0.1) is 22.8 Å². The molecule has 0 aromatic heterocycles. The Morgan fingerprint density at radius 3 is 1.97 bits per heavy atom. The van der Waals surface area contributed by atoms with Gasteiger partial charge >= 0.3 is 6.18 Å². The van der Waals surface area contributed by atoms with E-state index in [1.54, 1.807) is 6.07 Å². The van der Waals surface area contributed by atoms with Gasteiger partial charge in [-0.15, -0.1) is 0 Å². The highest BCUT2D eigenvalue weighted by Crippen LogP contribution is 2.36. The maximum atomic E-state index is 13.3. The van der Waals surface area contributed by atoms with Crippen molar-refractivity contribution < 1.29 is 22.7 Å². The molecule has 0 radical (unpaired) electrons. The molecule has 38 heavy (non-hydrogen) atoms. The number of carbonyl (C=O) groups is 1. The third-order valence-electron chi connectivity index (χ3n) is 6.72. The number of ether oxygens (including phenoxy) is 1. The van der Waals surface area contributed by atoms with Crippen molar-refractivity contribution in [2.24, 2.45) is 0 Å². The molecule has 2 aromatic carbocycles. The van der Waals surface area contributed by atoms with Crippen molar-refractivity contribution in [2.75, 3.05) is 11.9 Å². The minimum absolute atomic E-state index is 0.0323. The first kappa shape index (κ1) is 32.0. The minimum atomic E-state index is -4.61. The molecule has 0 unspecified atom stereocenters. The van der Waals surface area contributed by atoms with Gasteiger partial charge < -0.3 is 10.1 Å². The summed E-state index contributed by atoms with van der Waals surface area (Å²) in [5.41, 5.74) is 0.255. The van der Waals surface area contributed by atoms with Gasteiger partial charge in [0.25, 0.3) is 5.91 Å². The molecule has 0 saturated heterocycles. The Labute approximate surface area is 231 Å². The summed E-state index contributed by atoms with van der Waals surface area (Å²) >= 11 is 5.72. The molecule has 212 valence electrons. The van der Waals surface area contributed by atoms with Crippen molar-refractivity contribution >= 4 is 23.2 Å². The molecule has 0 fully saturated rings. The number of rotatable bonds is 18. The monoisotopic (exact) mass is 553 g/mol. The van der Waals surface area contributed by atoms with Crippen LogP contribution in [0.15, 0.2) is 36.4 Å². The lowest BCUT2D eigenvalue weighted by Gasteiger charge is -2.16. The van der Waals surface area contributed by atoms with Gasteiger partial charge in [-0.25, -0.2) is 0 Å². The van der Waals surface area contributed by atoms with Crippen LogP contribution in [0.4, 0.5) is 18.9 Å². The zero-order chi connectivity index (χ0) is 27.8. The number of amides is 1. The predicted octanol–water partition coefficient (Wildman–Crippen LogP) is 10.6. The second-order valence-corrected chi connectivity index (χ2v) is 10.3. The molecular weight excluding hydrogens is 511 g/mol. The summed E-state index contributed by atoms with van der Waals surface area (Å²) in [5.74, 6) is -0.0589. The number of aryl methyl sites for hydroxylation is 1. The molecule has 7 heteroatoms. The summed E-state index contributed by atoms with van der Waals surface area (Å²) < 4.78 is 45.5. The molecule has 2 aromatic rings. The first-order valence-corrected chi connectivity index (χ1v) is 14.6. The van der Waals surface area contributed by atoms with Gasteiger partial charge in [-0.3, -0.25) is 4.79 Å². The Balaban J connectivity index is 1.87. The fourth-order valence-corrected chi connectivity index (χ4v) is 4.89. The molecule has 3 nitrogen and oxygen atoms in total.